The van der Waals surface area contributed by atoms with Gasteiger partial charge in [0.15, 0.2) is 11.6 Å². The summed E-state index contributed by atoms with van der Waals surface area (Å²) in [4.78, 5) is 99.3. The Bertz CT molecular complexity index is 4990. The molecule has 6 aliphatic rings. The topological polar surface area (TPSA) is 192 Å². The van der Waals surface area contributed by atoms with Crippen molar-refractivity contribution >= 4 is 121 Å². The molecule has 4 saturated heterocycles. The maximum atomic E-state index is 14.3. The van der Waals surface area contributed by atoms with Crippen molar-refractivity contribution in [2.75, 3.05) is 91.0 Å². The van der Waals surface area contributed by atoms with Gasteiger partial charge in [0.2, 0.25) is 0 Å². The van der Waals surface area contributed by atoms with Gasteiger partial charge < -0.3 is 40.1 Å². The molecule has 3 N–H and O–H groups in total. The van der Waals surface area contributed by atoms with Crippen LogP contribution in [-0.4, -0.2) is 111 Å². The van der Waals surface area contributed by atoms with Crippen molar-refractivity contribution in [2.24, 2.45) is 10.8 Å². The third kappa shape index (κ3) is 15.4. The molecular formula is C80H73ClF4N8O8S4. The molecule has 4 amide bonds. The zero-order valence-corrected chi connectivity index (χ0v) is 62.0. The van der Waals surface area contributed by atoms with Crippen LogP contribution in [-0.2, 0) is 35.2 Å². The van der Waals surface area contributed by atoms with E-state index < -0.39 is 29.2 Å². The minimum absolute atomic E-state index is 0.120. The van der Waals surface area contributed by atoms with Crippen molar-refractivity contribution in [3.63, 3.8) is 0 Å². The SMILES string of the molecule is C1CC2(CCO1)CNC2.Cc1cc(C(=O)Nc2ccc(C(=O)N3CCc4cc(C(=O)Cc5c(F)cccc5F)sc4-c4sccc43)cc2)c(Cl)nc1C.Cc1cc(C(=O)Nc2ccc(C(=O)N3CCc4cc(C(=O)Cc5c(F)cccc5F)sc4-c4sccc43)cc2)c(N2CC3(CCOCC3)C2)nc1C. The number of amides is 4. The summed E-state index contributed by atoms with van der Waals surface area (Å²) < 4.78 is 67.7. The number of ether oxygens (including phenoxy) is 2. The normalized spacial score (nSPS) is 15.9. The Kier molecular flexibility index (Phi) is 21.3. The summed E-state index contributed by atoms with van der Waals surface area (Å²) in [5, 5.41) is 13.1. The Morgan fingerprint density at radius 1 is 0.533 bits per heavy atom. The summed E-state index contributed by atoms with van der Waals surface area (Å²) in [7, 11) is 0. The van der Waals surface area contributed by atoms with E-state index >= 15 is 0 Å². The lowest BCUT2D eigenvalue weighted by Crippen LogP contribution is -2.59. The van der Waals surface area contributed by atoms with E-state index in [2.05, 4.69) is 25.8 Å². The van der Waals surface area contributed by atoms with Crippen LogP contribution in [0.2, 0.25) is 5.15 Å². The Labute approximate surface area is 625 Å². The molecule has 4 aromatic carbocycles. The number of anilines is 5. The van der Waals surface area contributed by atoms with Crippen LogP contribution in [0.15, 0.2) is 132 Å². The molecule has 25 heteroatoms. The first kappa shape index (κ1) is 72.8. The molecule has 16 nitrogen and oxygen atoms in total. The molecule has 0 atom stereocenters. The zero-order chi connectivity index (χ0) is 73.4. The molecule has 0 saturated carbocycles. The van der Waals surface area contributed by atoms with E-state index in [9.17, 15) is 46.3 Å². The third-order valence-electron chi connectivity index (χ3n) is 20.5. The first-order valence-corrected chi connectivity index (χ1v) is 38.4. The van der Waals surface area contributed by atoms with Crippen molar-refractivity contribution in [3.05, 3.63) is 237 Å². The van der Waals surface area contributed by atoms with E-state index in [1.54, 1.807) is 76.5 Å². The number of aromatic nitrogens is 2. The van der Waals surface area contributed by atoms with Gasteiger partial charge in [-0.05, 0) is 214 Å². The zero-order valence-electron chi connectivity index (χ0n) is 58.0. The van der Waals surface area contributed by atoms with E-state index in [4.69, 9.17) is 26.1 Å². The molecule has 10 aromatic rings. The number of Topliss-reactive ketones (excluding diaryl/α,β-unsaturated/α-hetero) is 2. The van der Waals surface area contributed by atoms with Crippen LogP contribution < -0.4 is 30.7 Å². The van der Waals surface area contributed by atoms with Gasteiger partial charge in [-0.15, -0.1) is 45.3 Å². The van der Waals surface area contributed by atoms with Crippen molar-refractivity contribution in [1.82, 2.24) is 15.3 Å². The Morgan fingerprint density at radius 3 is 1.38 bits per heavy atom. The second kappa shape index (κ2) is 30.8. The number of nitrogens with one attached hydrogen (secondary N) is 3. The van der Waals surface area contributed by atoms with Crippen molar-refractivity contribution in [2.45, 2.75) is 79.1 Å². The highest BCUT2D eigenvalue weighted by molar-refractivity contribution is 7.23. The average molecular weight is 1510 g/mol. The number of hydrogen-bond acceptors (Lipinski definition) is 16. The average Bonchev–Trinajstić information content (AvgIpc) is 1.77. The van der Waals surface area contributed by atoms with E-state index in [1.807, 2.05) is 56.7 Å². The number of aryl methyl sites for hydroxylation is 4. The highest BCUT2D eigenvalue weighted by atomic mass is 35.5. The fraction of sp³-hybridized carbons (Fsp3) is 0.300. The number of hydrogen-bond donors (Lipinski definition) is 3. The van der Waals surface area contributed by atoms with Crippen LogP contribution in [0.3, 0.4) is 0 Å². The van der Waals surface area contributed by atoms with Crippen LogP contribution in [0.25, 0.3) is 19.5 Å². The molecule has 6 aromatic heterocycles. The fourth-order valence-electron chi connectivity index (χ4n) is 14.0. The number of pyridine rings is 2. The van der Waals surface area contributed by atoms with Crippen molar-refractivity contribution < 1.29 is 55.8 Å². The quantitative estimate of drug-likeness (QED) is 0.0563. The van der Waals surface area contributed by atoms with E-state index in [0.717, 1.165) is 141 Å². The Balaban J connectivity index is 0.000000159. The second-order valence-electron chi connectivity index (χ2n) is 27.5. The number of ketones is 2. The highest BCUT2D eigenvalue weighted by Crippen LogP contribution is 2.48. The number of carbonyl (C=O) groups excluding carboxylic acids is 6. The lowest BCUT2D eigenvalue weighted by Gasteiger charge is -2.53. The van der Waals surface area contributed by atoms with Gasteiger partial charge in [0.05, 0.1) is 51.8 Å². The predicted molar refractivity (Wildman–Crippen MR) is 406 cm³/mol. The highest BCUT2D eigenvalue weighted by Gasteiger charge is 2.46. The smallest absolute Gasteiger partial charge is 0.259 e. The second-order valence-corrected chi connectivity index (χ2v) is 31.7. The van der Waals surface area contributed by atoms with Gasteiger partial charge in [-0.1, -0.05) is 23.7 Å². The van der Waals surface area contributed by atoms with Gasteiger partial charge in [0.1, 0.15) is 34.2 Å². The predicted octanol–water partition coefficient (Wildman–Crippen LogP) is 17.0. The van der Waals surface area contributed by atoms with Gasteiger partial charge in [-0.3, -0.25) is 28.8 Å². The van der Waals surface area contributed by atoms with E-state index in [1.165, 1.54) is 83.4 Å². The van der Waals surface area contributed by atoms with Crippen molar-refractivity contribution in [3.8, 4) is 19.5 Å². The van der Waals surface area contributed by atoms with Gasteiger partial charge in [0.25, 0.3) is 23.6 Å². The Hall–Kier alpha value is -9.11. The minimum atomic E-state index is -0.746. The van der Waals surface area contributed by atoms with Gasteiger partial charge in [-0.2, -0.15) is 0 Å². The maximum absolute atomic E-state index is 14.3. The molecule has 0 radical (unpaired) electrons. The first-order valence-electron chi connectivity index (χ1n) is 34.6. The summed E-state index contributed by atoms with van der Waals surface area (Å²) >= 11 is 11.7. The molecule has 2 spiro atoms. The van der Waals surface area contributed by atoms with Gasteiger partial charge in [0, 0.05) is 129 Å². The van der Waals surface area contributed by atoms with Crippen LogP contribution in [0.5, 0.6) is 0 Å². The van der Waals surface area contributed by atoms with Crippen LogP contribution >= 0.6 is 56.9 Å². The molecule has 16 rings (SSSR count). The van der Waals surface area contributed by atoms with E-state index in [-0.39, 0.29) is 69.4 Å². The summed E-state index contributed by atoms with van der Waals surface area (Å²) in [5.41, 5.74) is 9.91. The number of halogens is 5. The number of rotatable bonds is 13. The largest absolute Gasteiger partial charge is 0.381 e. The van der Waals surface area contributed by atoms with Crippen LogP contribution in [0.1, 0.15) is 131 Å². The molecular weight excluding hydrogens is 1440 g/mol. The molecule has 4 fully saturated rings. The Morgan fingerprint density at radius 2 is 0.952 bits per heavy atom. The molecule has 0 unspecified atom stereocenters. The number of thiophene rings is 4. The van der Waals surface area contributed by atoms with Gasteiger partial charge >= 0.3 is 0 Å². The fourth-order valence-corrected chi connectivity index (χ4v) is 18.7. The summed E-state index contributed by atoms with van der Waals surface area (Å²) in [6, 6.07) is 31.6. The summed E-state index contributed by atoms with van der Waals surface area (Å²) in [6.07, 6.45) is 4.86. The minimum Gasteiger partial charge on any atom is -0.381 e. The lowest BCUT2D eigenvalue weighted by atomic mass is 9.73. The number of benzene rings is 4. The van der Waals surface area contributed by atoms with Crippen LogP contribution in [0, 0.1) is 61.8 Å². The third-order valence-corrected chi connectivity index (χ3v) is 25.4. The summed E-state index contributed by atoms with van der Waals surface area (Å²) in [5.74, 6) is -4.03. The molecule has 0 bridgehead atoms. The molecule has 105 heavy (non-hydrogen) atoms. The van der Waals surface area contributed by atoms with E-state index in [0.29, 0.717) is 75.0 Å². The molecule has 0 aliphatic carbocycles. The molecule has 6 aliphatic heterocycles. The summed E-state index contributed by atoms with van der Waals surface area (Å²) in [6.45, 7) is 16.0. The number of carbonyl (C=O) groups is 6. The van der Waals surface area contributed by atoms with Crippen molar-refractivity contribution in [1.29, 1.82) is 0 Å². The standard InChI is InChI=1S/C40H36F2N4O4S2.C33H24ClF2N3O3S2.C7H13NO/c1-23-18-29(37(43-24(23)2)45-21-40(22-45)12-15-50-16-13-40)38(48)44-27-8-6-25(7-9-27)39(49)46-14-10-26-19-34(52-35(26)36-32(46)11-17-51-36)33(47)20-28-30(41)4-3-5-31(28)42;1-17-14-23(31(34)37-18(17)2)32(41)38-21-8-6-19(7-9-21)33(42)39-12-10-20-15-28(44-29(20)30-26(39)11-13-43-30)27(40)16-22-24(35)4-3-5-25(22)36;1-3-9-4-2-7(1)5-8-6-7/h3-9,11,17-19H,10,12-16,20-22H2,1-2H3,(H,44,48);3-9,11,13-15H,10,12,16H2,1-2H3,(H,38,41);8H,1-6H2. The molecule has 12 heterocycles. The van der Waals surface area contributed by atoms with Gasteiger partial charge in [-0.25, -0.2) is 27.5 Å². The lowest BCUT2D eigenvalue weighted by molar-refractivity contribution is -0.0130. The maximum Gasteiger partial charge on any atom is 0.259 e. The monoisotopic (exact) mass is 1510 g/mol. The first-order chi connectivity index (χ1) is 50.6. The molecule has 540 valence electrons. The number of nitrogens with zero attached hydrogens (tertiary/aromatic N) is 5. The number of fused-ring (bicyclic) bond motifs is 6. The van der Waals surface area contributed by atoms with Crippen LogP contribution in [0.4, 0.5) is 46.1 Å².